The van der Waals surface area contributed by atoms with Crippen LogP contribution < -0.4 is 0 Å². The minimum atomic E-state index is 0.359. The van der Waals surface area contributed by atoms with Gasteiger partial charge >= 0.3 is 0 Å². The van der Waals surface area contributed by atoms with E-state index in [9.17, 15) is 0 Å². The van der Waals surface area contributed by atoms with Crippen molar-refractivity contribution >= 4 is 38.4 Å². The average molecular weight is 597 g/mol. The Morgan fingerprint density at radius 3 is 2.09 bits per heavy atom. The molecule has 0 N–H and O–H groups in total. The van der Waals surface area contributed by atoms with Gasteiger partial charge in [-0.15, -0.1) is 0 Å². The number of allylic oxidation sites excluding steroid dienone is 1. The maximum Gasteiger partial charge on any atom is 0.00623 e. The Morgan fingerprint density at radius 1 is 0.447 bits per heavy atom. The largest absolute Gasteiger partial charge is 0.0761 e. The average Bonchev–Trinajstić information content (AvgIpc) is 3.53. The predicted molar refractivity (Wildman–Crippen MR) is 200 cm³/mol. The molecule has 2 aliphatic rings. The summed E-state index contributed by atoms with van der Waals surface area (Å²) in [5.74, 6) is 0.359. The zero-order valence-corrected chi connectivity index (χ0v) is 26.1. The fraction of sp³-hybridized carbons (Fsp3) is 0.0638. The predicted octanol–water partition coefficient (Wildman–Crippen LogP) is 12.4. The minimum absolute atomic E-state index is 0.359. The van der Waals surface area contributed by atoms with Crippen LogP contribution in [0.4, 0.5) is 0 Å². The van der Waals surface area contributed by atoms with Crippen LogP contribution >= 0.6 is 0 Å². The van der Waals surface area contributed by atoms with Crippen molar-refractivity contribution in [1.29, 1.82) is 0 Å². The third kappa shape index (κ3) is 4.29. The summed E-state index contributed by atoms with van der Waals surface area (Å²) in [6.45, 7) is 0. The lowest BCUT2D eigenvalue weighted by Gasteiger charge is -2.22. The first kappa shape index (κ1) is 26.5. The summed E-state index contributed by atoms with van der Waals surface area (Å²) in [5.41, 5.74) is 14.9. The molecule has 8 aromatic carbocycles. The highest BCUT2D eigenvalue weighted by molar-refractivity contribution is 6.13. The van der Waals surface area contributed by atoms with E-state index < -0.39 is 0 Å². The second kappa shape index (κ2) is 10.4. The molecule has 0 nitrogen and oxygen atoms in total. The van der Waals surface area contributed by atoms with Crippen LogP contribution in [0.15, 0.2) is 158 Å². The molecule has 0 radical (unpaired) electrons. The molecule has 2 aliphatic carbocycles. The zero-order chi connectivity index (χ0) is 30.9. The lowest BCUT2D eigenvalue weighted by molar-refractivity contribution is 0.833. The van der Waals surface area contributed by atoms with Gasteiger partial charge in [-0.1, -0.05) is 152 Å². The van der Waals surface area contributed by atoms with Gasteiger partial charge in [0.1, 0.15) is 0 Å². The van der Waals surface area contributed by atoms with Crippen molar-refractivity contribution in [2.75, 3.05) is 0 Å². The Bertz CT molecular complexity index is 2580. The van der Waals surface area contributed by atoms with Gasteiger partial charge in [-0.25, -0.2) is 0 Å². The van der Waals surface area contributed by atoms with Gasteiger partial charge in [0.2, 0.25) is 0 Å². The second-order valence-corrected chi connectivity index (χ2v) is 13.3. The van der Waals surface area contributed by atoms with Crippen molar-refractivity contribution < 1.29 is 0 Å². The maximum atomic E-state index is 2.42. The van der Waals surface area contributed by atoms with Gasteiger partial charge in [0.05, 0.1) is 0 Å². The zero-order valence-electron chi connectivity index (χ0n) is 26.1. The van der Waals surface area contributed by atoms with E-state index in [2.05, 4.69) is 164 Å². The first-order chi connectivity index (χ1) is 23.3. The van der Waals surface area contributed by atoms with Crippen molar-refractivity contribution in [2.24, 2.45) is 0 Å². The standard InChI is InChI=1S/C47H32/c1-3-13-41-30(7-1)15-16-31-18-21-38(27-44(31)41)36-11-5-9-34(25-36)35-10-6-12-37(26-35)39-22-19-32-17-20-33-23-24-43-42-14-4-2-8-40(42)29-46(43)47(33)45(32)28-39/h1-26,28,38H,27,29H2. The van der Waals surface area contributed by atoms with Crippen molar-refractivity contribution in [3.63, 3.8) is 0 Å². The molecule has 0 saturated carbocycles. The topological polar surface area (TPSA) is 0 Å². The summed E-state index contributed by atoms with van der Waals surface area (Å²) in [5, 5.41) is 8.05. The minimum Gasteiger partial charge on any atom is -0.0761 e. The molecule has 0 heterocycles. The fourth-order valence-electron chi connectivity index (χ4n) is 8.26. The number of rotatable bonds is 3. The van der Waals surface area contributed by atoms with Gasteiger partial charge < -0.3 is 0 Å². The van der Waals surface area contributed by atoms with E-state index in [0.29, 0.717) is 5.92 Å². The SMILES string of the molecule is C1=CC(c2cccc(-c3cccc(-c4ccc5ccc6ccc7c(c6c5c4)Cc4ccccc4-7)c3)c2)Cc2c1ccc1ccccc21. The molecule has 0 spiro atoms. The number of hydrogen-bond acceptors (Lipinski definition) is 0. The van der Waals surface area contributed by atoms with E-state index in [0.717, 1.165) is 12.8 Å². The summed E-state index contributed by atoms with van der Waals surface area (Å²) in [6, 6.07) is 56.7. The van der Waals surface area contributed by atoms with Gasteiger partial charge in [0.25, 0.3) is 0 Å². The molecule has 1 unspecified atom stereocenters. The summed E-state index contributed by atoms with van der Waals surface area (Å²) in [7, 11) is 0. The molecule has 0 aliphatic heterocycles. The third-order valence-corrected chi connectivity index (χ3v) is 10.6. The van der Waals surface area contributed by atoms with E-state index in [1.165, 1.54) is 93.5 Å². The first-order valence-corrected chi connectivity index (χ1v) is 16.7. The monoisotopic (exact) mass is 596 g/mol. The molecule has 8 aromatic rings. The molecule has 0 aromatic heterocycles. The Kier molecular flexibility index (Phi) is 5.87. The Balaban J connectivity index is 1.02. The van der Waals surface area contributed by atoms with Crippen LogP contribution in [0.3, 0.4) is 0 Å². The van der Waals surface area contributed by atoms with E-state index >= 15 is 0 Å². The van der Waals surface area contributed by atoms with Crippen molar-refractivity contribution in [2.45, 2.75) is 18.8 Å². The lowest BCUT2D eigenvalue weighted by Crippen LogP contribution is -2.06. The molecule has 0 heteroatoms. The third-order valence-electron chi connectivity index (χ3n) is 10.6. The maximum absolute atomic E-state index is 2.42. The van der Waals surface area contributed by atoms with E-state index in [1.807, 2.05) is 0 Å². The summed E-state index contributed by atoms with van der Waals surface area (Å²) in [6.07, 6.45) is 6.73. The highest BCUT2D eigenvalue weighted by atomic mass is 14.3. The Hall–Kier alpha value is -5.72. The highest BCUT2D eigenvalue weighted by Gasteiger charge is 2.22. The first-order valence-electron chi connectivity index (χ1n) is 16.7. The van der Waals surface area contributed by atoms with E-state index in [4.69, 9.17) is 0 Å². The van der Waals surface area contributed by atoms with Crippen molar-refractivity contribution in [1.82, 2.24) is 0 Å². The molecule has 0 bridgehead atoms. The van der Waals surface area contributed by atoms with Crippen LogP contribution in [0.25, 0.3) is 71.8 Å². The Labute approximate surface area is 275 Å². The molecule has 0 amide bonds. The highest BCUT2D eigenvalue weighted by Crippen LogP contribution is 2.43. The molecular formula is C47H32. The van der Waals surface area contributed by atoms with Gasteiger partial charge in [0.15, 0.2) is 0 Å². The summed E-state index contributed by atoms with van der Waals surface area (Å²) in [4.78, 5) is 0. The second-order valence-electron chi connectivity index (χ2n) is 13.3. The van der Waals surface area contributed by atoms with Gasteiger partial charge in [0, 0.05) is 5.92 Å². The molecule has 0 fully saturated rings. The summed E-state index contributed by atoms with van der Waals surface area (Å²) < 4.78 is 0. The van der Waals surface area contributed by atoms with Crippen LogP contribution in [0.5, 0.6) is 0 Å². The molecule has 0 saturated heterocycles. The fourth-order valence-corrected chi connectivity index (χ4v) is 8.26. The quantitative estimate of drug-likeness (QED) is 0.178. The smallest absolute Gasteiger partial charge is 0.00623 e. The van der Waals surface area contributed by atoms with Crippen LogP contribution in [-0.4, -0.2) is 0 Å². The van der Waals surface area contributed by atoms with Gasteiger partial charge in [-0.3, -0.25) is 0 Å². The van der Waals surface area contributed by atoms with Crippen molar-refractivity contribution in [3.8, 4) is 33.4 Å². The molecular weight excluding hydrogens is 565 g/mol. The molecule has 10 rings (SSSR count). The van der Waals surface area contributed by atoms with Crippen LogP contribution in [-0.2, 0) is 12.8 Å². The van der Waals surface area contributed by atoms with Gasteiger partial charge in [-0.05, 0) is 118 Å². The summed E-state index contributed by atoms with van der Waals surface area (Å²) >= 11 is 0. The normalized spacial score (nSPS) is 14.8. The lowest BCUT2D eigenvalue weighted by atomic mass is 9.82. The molecule has 1 atom stereocenters. The van der Waals surface area contributed by atoms with Gasteiger partial charge in [-0.2, -0.15) is 0 Å². The number of hydrogen-bond donors (Lipinski definition) is 0. The van der Waals surface area contributed by atoms with E-state index in [-0.39, 0.29) is 0 Å². The van der Waals surface area contributed by atoms with Crippen LogP contribution in [0.1, 0.15) is 33.7 Å². The number of benzene rings is 8. The van der Waals surface area contributed by atoms with E-state index in [1.54, 1.807) is 0 Å². The Morgan fingerprint density at radius 2 is 1.15 bits per heavy atom. The molecule has 47 heavy (non-hydrogen) atoms. The number of fused-ring (bicyclic) bond motifs is 10. The van der Waals surface area contributed by atoms with Crippen LogP contribution in [0.2, 0.25) is 0 Å². The van der Waals surface area contributed by atoms with Crippen LogP contribution in [0, 0.1) is 0 Å². The van der Waals surface area contributed by atoms with Crippen molar-refractivity contribution in [3.05, 3.63) is 186 Å². The molecule has 220 valence electrons.